The molecule has 2 unspecified atom stereocenters. The second-order valence-corrected chi connectivity index (χ2v) is 6.62. The van der Waals surface area contributed by atoms with E-state index >= 15 is 0 Å². The van der Waals surface area contributed by atoms with Crippen LogP contribution in [0.25, 0.3) is 0 Å². The number of carboxylic acids is 1. The van der Waals surface area contributed by atoms with Gasteiger partial charge < -0.3 is 10.2 Å². The minimum Gasteiger partial charge on any atom is -0.477 e. The summed E-state index contributed by atoms with van der Waals surface area (Å²) >= 11 is 0.857. The topological polar surface area (TPSA) is 104 Å². The van der Waals surface area contributed by atoms with E-state index in [1.807, 2.05) is 0 Å². The number of carbonyl (C=O) groups is 1. The van der Waals surface area contributed by atoms with Crippen LogP contribution in [-0.4, -0.2) is 36.7 Å². The van der Waals surface area contributed by atoms with Crippen molar-refractivity contribution in [3.8, 4) is 0 Å². The Labute approximate surface area is 109 Å². The minimum atomic E-state index is -3.87. The van der Waals surface area contributed by atoms with E-state index in [0.717, 1.165) is 11.3 Å². The van der Waals surface area contributed by atoms with Crippen molar-refractivity contribution in [2.24, 2.45) is 0 Å². The fourth-order valence-electron chi connectivity index (χ4n) is 1.55. The van der Waals surface area contributed by atoms with Gasteiger partial charge in [0.05, 0.1) is 6.10 Å². The molecule has 0 radical (unpaired) electrons. The fourth-order valence-corrected chi connectivity index (χ4v) is 4.07. The predicted molar refractivity (Wildman–Crippen MR) is 67.4 cm³/mol. The van der Waals surface area contributed by atoms with Gasteiger partial charge in [0.25, 0.3) is 0 Å². The first kappa shape index (κ1) is 15.1. The average Bonchev–Trinajstić information content (AvgIpc) is 2.63. The van der Waals surface area contributed by atoms with E-state index in [0.29, 0.717) is 0 Å². The highest BCUT2D eigenvalue weighted by atomic mass is 32.2. The smallest absolute Gasteiger partial charge is 0.347 e. The molecule has 0 fully saturated rings. The number of carboxylic acid groups (broad SMARTS) is 1. The zero-order chi connectivity index (χ0) is 13.9. The van der Waals surface area contributed by atoms with E-state index < -0.39 is 28.1 Å². The van der Waals surface area contributed by atoms with Gasteiger partial charge in [-0.3, -0.25) is 0 Å². The third-order valence-electron chi connectivity index (χ3n) is 2.16. The molecule has 1 rings (SSSR count). The van der Waals surface area contributed by atoms with E-state index in [4.69, 9.17) is 10.2 Å². The third-order valence-corrected chi connectivity index (χ3v) is 4.83. The Morgan fingerprint density at radius 1 is 1.50 bits per heavy atom. The SMILES string of the molecule is CC(O)CC(C)NS(=O)(=O)c1ccsc1C(=O)O. The molecule has 1 aromatic rings. The Hall–Kier alpha value is -0.960. The fraction of sp³-hybridized carbons (Fsp3) is 0.500. The number of hydrogen-bond acceptors (Lipinski definition) is 5. The summed E-state index contributed by atoms with van der Waals surface area (Å²) in [6.45, 7) is 3.16. The molecule has 0 aliphatic carbocycles. The predicted octanol–water partition coefficient (Wildman–Crippen LogP) is 0.884. The highest BCUT2D eigenvalue weighted by Gasteiger charge is 2.25. The Morgan fingerprint density at radius 2 is 2.11 bits per heavy atom. The van der Waals surface area contributed by atoms with Crippen molar-refractivity contribution in [1.82, 2.24) is 4.72 Å². The van der Waals surface area contributed by atoms with E-state index in [1.165, 1.54) is 11.4 Å². The van der Waals surface area contributed by atoms with Crippen LogP contribution >= 0.6 is 11.3 Å². The second-order valence-electron chi connectivity index (χ2n) is 4.03. The molecule has 1 heterocycles. The van der Waals surface area contributed by atoms with Gasteiger partial charge in [-0.25, -0.2) is 17.9 Å². The van der Waals surface area contributed by atoms with Crippen molar-refractivity contribution in [3.63, 3.8) is 0 Å². The Morgan fingerprint density at radius 3 is 2.61 bits per heavy atom. The lowest BCUT2D eigenvalue weighted by molar-refractivity contribution is 0.0698. The van der Waals surface area contributed by atoms with E-state index in [2.05, 4.69) is 4.72 Å². The third kappa shape index (κ3) is 3.77. The van der Waals surface area contributed by atoms with Crippen LogP contribution in [-0.2, 0) is 10.0 Å². The van der Waals surface area contributed by atoms with Crippen LogP contribution in [0.1, 0.15) is 29.9 Å². The van der Waals surface area contributed by atoms with Crippen LogP contribution < -0.4 is 4.72 Å². The molecule has 102 valence electrons. The van der Waals surface area contributed by atoms with Crippen molar-refractivity contribution < 1.29 is 23.4 Å². The van der Waals surface area contributed by atoms with E-state index in [1.54, 1.807) is 13.8 Å². The molecule has 1 aromatic heterocycles. The van der Waals surface area contributed by atoms with E-state index in [-0.39, 0.29) is 16.2 Å². The molecule has 18 heavy (non-hydrogen) atoms. The van der Waals surface area contributed by atoms with Crippen molar-refractivity contribution in [3.05, 3.63) is 16.3 Å². The largest absolute Gasteiger partial charge is 0.477 e. The summed E-state index contributed by atoms with van der Waals surface area (Å²) in [6, 6.07) is 0.780. The van der Waals surface area contributed by atoms with Crippen molar-refractivity contribution in [2.75, 3.05) is 0 Å². The van der Waals surface area contributed by atoms with Gasteiger partial charge in [0.15, 0.2) is 0 Å². The summed E-state index contributed by atoms with van der Waals surface area (Å²) < 4.78 is 26.3. The number of rotatable bonds is 6. The molecular formula is C10H15NO5S2. The summed E-state index contributed by atoms with van der Waals surface area (Å²) in [7, 11) is -3.87. The average molecular weight is 293 g/mol. The number of nitrogens with one attached hydrogen (secondary N) is 1. The molecule has 0 bridgehead atoms. The summed E-state index contributed by atoms with van der Waals surface area (Å²) in [4.78, 5) is 10.4. The molecule has 6 nitrogen and oxygen atoms in total. The molecule has 0 amide bonds. The first-order chi connectivity index (χ1) is 8.24. The van der Waals surface area contributed by atoms with Gasteiger partial charge in [-0.15, -0.1) is 11.3 Å². The Kier molecular flexibility index (Phi) is 4.85. The molecular weight excluding hydrogens is 278 g/mol. The molecule has 0 saturated carbocycles. The minimum absolute atomic E-state index is 0.216. The molecule has 3 N–H and O–H groups in total. The van der Waals surface area contributed by atoms with Gasteiger partial charge in [-0.2, -0.15) is 0 Å². The molecule has 2 atom stereocenters. The summed E-state index contributed by atoms with van der Waals surface area (Å²) in [5, 5.41) is 19.5. The van der Waals surface area contributed by atoms with Crippen LogP contribution in [0.3, 0.4) is 0 Å². The Balaban J connectivity index is 2.93. The molecule has 0 aliphatic rings. The normalized spacial score (nSPS) is 15.3. The van der Waals surface area contributed by atoms with Crippen molar-refractivity contribution in [1.29, 1.82) is 0 Å². The number of thiophene rings is 1. The van der Waals surface area contributed by atoms with Gasteiger partial charge in [-0.1, -0.05) is 0 Å². The van der Waals surface area contributed by atoms with Crippen LogP contribution in [0.2, 0.25) is 0 Å². The maximum absolute atomic E-state index is 12.0. The lowest BCUT2D eigenvalue weighted by Gasteiger charge is -2.15. The monoisotopic (exact) mass is 293 g/mol. The molecule has 0 saturated heterocycles. The maximum Gasteiger partial charge on any atom is 0.347 e. The standard InChI is InChI=1S/C10H15NO5S2/c1-6(5-7(2)12)11-18(15,16)8-3-4-17-9(8)10(13)14/h3-4,6-7,11-12H,5H2,1-2H3,(H,13,14). The molecule has 0 spiro atoms. The maximum atomic E-state index is 12.0. The zero-order valence-corrected chi connectivity index (χ0v) is 11.6. The quantitative estimate of drug-likeness (QED) is 0.722. The number of aromatic carboxylic acids is 1. The van der Waals surface area contributed by atoms with Crippen LogP contribution in [0.5, 0.6) is 0 Å². The van der Waals surface area contributed by atoms with E-state index in [9.17, 15) is 13.2 Å². The number of hydrogen-bond donors (Lipinski definition) is 3. The lowest BCUT2D eigenvalue weighted by atomic mass is 10.2. The van der Waals surface area contributed by atoms with Gasteiger partial charge in [0, 0.05) is 6.04 Å². The first-order valence-corrected chi connectivity index (χ1v) is 7.61. The van der Waals surface area contributed by atoms with Crippen LogP contribution in [0, 0.1) is 0 Å². The lowest BCUT2D eigenvalue weighted by Crippen LogP contribution is -2.35. The van der Waals surface area contributed by atoms with Gasteiger partial charge in [0.2, 0.25) is 10.0 Å². The number of sulfonamides is 1. The molecule has 0 aliphatic heterocycles. The van der Waals surface area contributed by atoms with Gasteiger partial charge >= 0.3 is 5.97 Å². The van der Waals surface area contributed by atoms with Gasteiger partial charge in [-0.05, 0) is 31.7 Å². The highest BCUT2D eigenvalue weighted by molar-refractivity contribution is 7.89. The Bertz CT molecular complexity index is 520. The number of aliphatic hydroxyl groups excluding tert-OH is 1. The summed E-state index contributed by atoms with van der Waals surface area (Å²) in [6.07, 6.45) is -0.379. The first-order valence-electron chi connectivity index (χ1n) is 5.25. The number of aliphatic hydroxyl groups is 1. The zero-order valence-electron chi connectivity index (χ0n) is 9.95. The molecule has 0 aromatic carbocycles. The summed E-state index contributed by atoms with van der Waals surface area (Å²) in [5.74, 6) is -1.27. The van der Waals surface area contributed by atoms with Gasteiger partial charge in [0.1, 0.15) is 9.77 Å². The van der Waals surface area contributed by atoms with Crippen molar-refractivity contribution in [2.45, 2.75) is 37.3 Å². The second kappa shape index (κ2) is 5.79. The highest BCUT2D eigenvalue weighted by Crippen LogP contribution is 2.22. The summed E-state index contributed by atoms with van der Waals surface area (Å²) in [5.41, 5.74) is 0. The van der Waals surface area contributed by atoms with Crippen molar-refractivity contribution >= 4 is 27.3 Å². The van der Waals surface area contributed by atoms with Crippen LogP contribution in [0.4, 0.5) is 0 Å². The van der Waals surface area contributed by atoms with Crippen LogP contribution in [0.15, 0.2) is 16.3 Å². The molecule has 8 heteroatoms.